The molecule has 23 heavy (non-hydrogen) atoms. The van der Waals surface area contributed by atoms with Gasteiger partial charge in [0.25, 0.3) is 5.91 Å². The Hall–Kier alpha value is -2.63. The number of benzene rings is 1. The van der Waals surface area contributed by atoms with Crippen LogP contribution in [0.4, 0.5) is 0 Å². The summed E-state index contributed by atoms with van der Waals surface area (Å²) in [6.07, 6.45) is 5.86. The highest BCUT2D eigenvalue weighted by Crippen LogP contribution is 2.05. The number of nitrogens with one attached hydrogen (secondary N) is 1. The van der Waals surface area contributed by atoms with Gasteiger partial charge < -0.3 is 10.1 Å². The second-order valence-corrected chi connectivity index (χ2v) is 5.31. The molecule has 0 aliphatic rings. The molecular formula is C17H22N3O3+. The maximum Gasteiger partial charge on any atom is 0.328 e. The van der Waals surface area contributed by atoms with Gasteiger partial charge >= 0.3 is 5.97 Å². The van der Waals surface area contributed by atoms with Crippen LogP contribution in [0, 0.1) is 0 Å². The predicted molar refractivity (Wildman–Crippen MR) is 84.3 cm³/mol. The van der Waals surface area contributed by atoms with E-state index in [-0.39, 0.29) is 19.1 Å². The van der Waals surface area contributed by atoms with Crippen LogP contribution >= 0.6 is 0 Å². The van der Waals surface area contributed by atoms with Crippen LogP contribution in [0.3, 0.4) is 0 Å². The first-order valence-corrected chi connectivity index (χ1v) is 7.59. The van der Waals surface area contributed by atoms with Crippen molar-refractivity contribution in [1.82, 2.24) is 9.88 Å². The van der Waals surface area contributed by atoms with Gasteiger partial charge in [-0.2, -0.15) is 0 Å². The summed E-state index contributed by atoms with van der Waals surface area (Å²) >= 11 is 0. The van der Waals surface area contributed by atoms with Crippen molar-refractivity contribution in [2.45, 2.75) is 25.9 Å². The summed E-state index contributed by atoms with van der Waals surface area (Å²) in [6, 6.07) is 8.87. The largest absolute Gasteiger partial charge is 0.464 e. The molecule has 1 N–H and O–H groups in total. The standard InChI is InChI=1S/C17H21N3O3/c1-3-23-17(22)15(11-14-7-5-4-6-8-14)18-16(21)12-20-10-9-19(2)13-20/h4-10,13,15H,3,11-12H2,1-2H3/p+1/t15-/m0/s1. The molecule has 0 aliphatic heterocycles. The lowest BCUT2D eigenvalue weighted by atomic mass is 10.1. The molecule has 0 saturated heterocycles. The van der Waals surface area contributed by atoms with Gasteiger partial charge in [-0.05, 0) is 12.5 Å². The Morgan fingerprint density at radius 2 is 2.04 bits per heavy atom. The lowest BCUT2D eigenvalue weighted by molar-refractivity contribution is -0.671. The molecule has 2 rings (SSSR count). The zero-order valence-corrected chi connectivity index (χ0v) is 13.4. The van der Waals surface area contributed by atoms with E-state index in [1.807, 2.05) is 48.1 Å². The average molecular weight is 316 g/mol. The van der Waals surface area contributed by atoms with Gasteiger partial charge in [0.15, 0.2) is 6.54 Å². The zero-order chi connectivity index (χ0) is 16.7. The van der Waals surface area contributed by atoms with Crippen molar-refractivity contribution in [1.29, 1.82) is 0 Å². The molecule has 1 heterocycles. The van der Waals surface area contributed by atoms with Crippen molar-refractivity contribution in [3.05, 3.63) is 54.6 Å². The van der Waals surface area contributed by atoms with Crippen molar-refractivity contribution >= 4 is 11.9 Å². The first kappa shape index (κ1) is 16.7. The van der Waals surface area contributed by atoms with Gasteiger partial charge in [-0.3, -0.25) is 4.79 Å². The van der Waals surface area contributed by atoms with Crippen molar-refractivity contribution in [2.24, 2.45) is 7.05 Å². The Labute approximate surface area is 135 Å². The van der Waals surface area contributed by atoms with Gasteiger partial charge in [-0.25, -0.2) is 13.9 Å². The van der Waals surface area contributed by atoms with Crippen molar-refractivity contribution in [3.63, 3.8) is 0 Å². The molecule has 0 spiro atoms. The van der Waals surface area contributed by atoms with Crippen LogP contribution in [0.25, 0.3) is 0 Å². The number of carbonyl (C=O) groups is 2. The van der Waals surface area contributed by atoms with Crippen LogP contribution in [0.15, 0.2) is 49.1 Å². The summed E-state index contributed by atoms with van der Waals surface area (Å²) in [6.45, 7) is 2.19. The van der Waals surface area contributed by atoms with Crippen LogP contribution < -0.4 is 9.88 Å². The average Bonchev–Trinajstić information content (AvgIpc) is 2.93. The van der Waals surface area contributed by atoms with E-state index in [1.165, 1.54) is 0 Å². The van der Waals surface area contributed by atoms with Crippen LogP contribution in [-0.2, 0) is 34.3 Å². The number of aromatic nitrogens is 2. The third-order valence-electron chi connectivity index (χ3n) is 3.34. The molecule has 1 atom stereocenters. The maximum atomic E-state index is 12.2. The number of amides is 1. The van der Waals surface area contributed by atoms with E-state index in [0.717, 1.165) is 5.56 Å². The highest BCUT2D eigenvalue weighted by atomic mass is 16.5. The minimum Gasteiger partial charge on any atom is -0.464 e. The Balaban J connectivity index is 2.01. The molecule has 0 saturated carbocycles. The lowest BCUT2D eigenvalue weighted by Crippen LogP contribution is -2.44. The molecule has 122 valence electrons. The number of carbonyl (C=O) groups excluding carboxylic acids is 2. The van der Waals surface area contributed by atoms with E-state index in [9.17, 15) is 9.59 Å². The monoisotopic (exact) mass is 316 g/mol. The minimum absolute atomic E-state index is 0.158. The normalized spacial score (nSPS) is 11.7. The third-order valence-corrected chi connectivity index (χ3v) is 3.34. The number of ether oxygens (including phenoxy) is 1. The second kappa shape index (κ2) is 8.12. The number of hydrogen-bond acceptors (Lipinski definition) is 3. The van der Waals surface area contributed by atoms with Gasteiger partial charge in [-0.15, -0.1) is 0 Å². The molecule has 0 fully saturated rings. The molecule has 6 heteroatoms. The molecule has 0 bridgehead atoms. The fraction of sp³-hybridized carbons (Fsp3) is 0.353. The second-order valence-electron chi connectivity index (χ2n) is 5.31. The number of imidazole rings is 1. The molecular weight excluding hydrogens is 294 g/mol. The number of nitrogens with zero attached hydrogens (tertiary/aromatic N) is 2. The zero-order valence-electron chi connectivity index (χ0n) is 13.4. The van der Waals surface area contributed by atoms with E-state index in [4.69, 9.17) is 4.74 Å². The fourth-order valence-electron chi connectivity index (χ4n) is 2.29. The topological polar surface area (TPSA) is 64.2 Å². The van der Waals surface area contributed by atoms with Crippen LogP contribution in [0.5, 0.6) is 0 Å². The number of esters is 1. The SMILES string of the molecule is CCOC(=O)[C@H](Cc1ccccc1)NC(=O)Cn1cc[n+](C)c1. The summed E-state index contributed by atoms with van der Waals surface area (Å²) in [5.41, 5.74) is 0.971. The number of hydrogen-bond donors (Lipinski definition) is 1. The number of rotatable bonds is 7. The molecule has 0 aliphatic carbocycles. The Kier molecular flexibility index (Phi) is 5.91. The van der Waals surface area contributed by atoms with Gasteiger partial charge in [0.05, 0.1) is 13.7 Å². The summed E-state index contributed by atoms with van der Waals surface area (Å²) in [7, 11) is 1.88. The summed E-state index contributed by atoms with van der Waals surface area (Å²) in [5.74, 6) is -0.641. The molecule has 6 nitrogen and oxygen atoms in total. The highest BCUT2D eigenvalue weighted by molar-refractivity contribution is 5.84. The van der Waals surface area contributed by atoms with Crippen LogP contribution in [-0.4, -0.2) is 29.1 Å². The summed E-state index contributed by atoms with van der Waals surface area (Å²) in [5, 5.41) is 2.76. The van der Waals surface area contributed by atoms with E-state index in [1.54, 1.807) is 24.0 Å². The summed E-state index contributed by atoms with van der Waals surface area (Å²) in [4.78, 5) is 24.3. The predicted octanol–water partition coefficient (Wildman–Crippen LogP) is 0.603. The number of aryl methyl sites for hydroxylation is 1. The van der Waals surface area contributed by atoms with Gasteiger partial charge in [-0.1, -0.05) is 30.3 Å². The van der Waals surface area contributed by atoms with E-state index in [0.29, 0.717) is 6.42 Å². The van der Waals surface area contributed by atoms with Gasteiger partial charge in [0, 0.05) is 6.42 Å². The maximum absolute atomic E-state index is 12.2. The minimum atomic E-state index is -0.686. The smallest absolute Gasteiger partial charge is 0.328 e. The van der Waals surface area contributed by atoms with Crippen LogP contribution in [0.1, 0.15) is 12.5 Å². The fourth-order valence-corrected chi connectivity index (χ4v) is 2.29. The van der Waals surface area contributed by atoms with Crippen molar-refractivity contribution < 1.29 is 18.9 Å². The van der Waals surface area contributed by atoms with E-state index >= 15 is 0 Å². The van der Waals surface area contributed by atoms with Gasteiger partial charge in [0.1, 0.15) is 18.4 Å². The van der Waals surface area contributed by atoms with Crippen molar-refractivity contribution in [3.8, 4) is 0 Å². The molecule has 1 aromatic heterocycles. The quantitative estimate of drug-likeness (QED) is 0.601. The van der Waals surface area contributed by atoms with Crippen LogP contribution in [0.2, 0.25) is 0 Å². The molecule has 1 amide bonds. The third kappa shape index (κ3) is 5.25. The Morgan fingerprint density at radius 3 is 2.65 bits per heavy atom. The summed E-state index contributed by atoms with van der Waals surface area (Å²) < 4.78 is 8.66. The first-order valence-electron chi connectivity index (χ1n) is 7.59. The van der Waals surface area contributed by atoms with E-state index in [2.05, 4.69) is 5.32 Å². The molecule has 0 unspecified atom stereocenters. The molecule has 1 aromatic carbocycles. The van der Waals surface area contributed by atoms with Crippen molar-refractivity contribution in [2.75, 3.05) is 6.61 Å². The first-order chi connectivity index (χ1) is 11.1. The molecule has 0 radical (unpaired) electrons. The lowest BCUT2D eigenvalue weighted by Gasteiger charge is -2.17. The Bertz CT molecular complexity index is 652. The van der Waals surface area contributed by atoms with Gasteiger partial charge in [0.2, 0.25) is 6.33 Å². The van der Waals surface area contributed by atoms with E-state index < -0.39 is 12.0 Å². The molecule has 2 aromatic rings. The Morgan fingerprint density at radius 1 is 1.30 bits per heavy atom. The highest BCUT2D eigenvalue weighted by Gasteiger charge is 2.23.